The average molecular weight is 493 g/mol. The van der Waals surface area contributed by atoms with Gasteiger partial charge in [0.15, 0.2) is 0 Å². The summed E-state index contributed by atoms with van der Waals surface area (Å²) < 4.78 is 0. The maximum Gasteiger partial charge on any atom is 0.132 e. The van der Waals surface area contributed by atoms with E-state index in [0.29, 0.717) is 5.78 Å². The minimum Gasteiger partial charge on any atom is -0.300 e. The van der Waals surface area contributed by atoms with Crippen LogP contribution in [0.5, 0.6) is 0 Å². The van der Waals surface area contributed by atoms with E-state index in [-0.39, 0.29) is 0 Å². The summed E-state index contributed by atoms with van der Waals surface area (Å²) in [5.74, 6) is 0.527. The Morgan fingerprint density at radius 2 is 0.457 bits per heavy atom. The van der Waals surface area contributed by atoms with Crippen LogP contribution in [0, 0.1) is 0 Å². The van der Waals surface area contributed by atoms with Crippen molar-refractivity contribution in [3.8, 4) is 0 Å². The van der Waals surface area contributed by atoms with Gasteiger partial charge in [-0.2, -0.15) is 0 Å². The van der Waals surface area contributed by atoms with Gasteiger partial charge in [-0.3, -0.25) is 4.79 Å². The molecule has 0 aromatic carbocycles. The fraction of sp³-hybridized carbons (Fsp3) is 0.971. The van der Waals surface area contributed by atoms with Crippen LogP contribution in [0.3, 0.4) is 0 Å². The topological polar surface area (TPSA) is 17.1 Å². The maximum atomic E-state index is 12.1. The van der Waals surface area contributed by atoms with Crippen molar-refractivity contribution in [3.05, 3.63) is 0 Å². The predicted octanol–water partition coefficient (Wildman–Crippen LogP) is 12.7. The summed E-state index contributed by atoms with van der Waals surface area (Å²) in [6, 6.07) is 0. The highest BCUT2D eigenvalue weighted by Gasteiger charge is 2.02. The molecule has 0 aliphatic rings. The van der Waals surface area contributed by atoms with Crippen LogP contribution in [0.1, 0.15) is 213 Å². The molecule has 0 saturated carbocycles. The van der Waals surface area contributed by atoms with Gasteiger partial charge in [0, 0.05) is 12.8 Å². The van der Waals surface area contributed by atoms with E-state index in [0.717, 1.165) is 25.7 Å². The maximum absolute atomic E-state index is 12.1. The van der Waals surface area contributed by atoms with E-state index in [1.807, 2.05) is 0 Å². The highest BCUT2D eigenvalue weighted by atomic mass is 16.1. The third kappa shape index (κ3) is 31.6. The summed E-state index contributed by atoms with van der Waals surface area (Å²) in [5.41, 5.74) is 0. The van der Waals surface area contributed by atoms with E-state index in [2.05, 4.69) is 13.8 Å². The Morgan fingerprint density at radius 3 is 0.657 bits per heavy atom. The van der Waals surface area contributed by atoms with Gasteiger partial charge in [0.05, 0.1) is 0 Å². The average Bonchev–Trinajstić information content (AvgIpc) is 2.86. The number of carbonyl (C=O) groups excluding carboxylic acids is 1. The lowest BCUT2D eigenvalue weighted by atomic mass is 10.0. The van der Waals surface area contributed by atoms with Crippen LogP contribution in [0.15, 0.2) is 0 Å². The predicted molar refractivity (Wildman–Crippen MR) is 159 cm³/mol. The second-order valence-corrected chi connectivity index (χ2v) is 11.6. The number of carbonyl (C=O) groups is 1. The monoisotopic (exact) mass is 493 g/mol. The van der Waals surface area contributed by atoms with E-state index >= 15 is 0 Å². The fourth-order valence-corrected chi connectivity index (χ4v) is 5.34. The molecule has 0 rings (SSSR count). The SMILES string of the molecule is CCCCCCCCCCCCCCCCCC(=O)CCCCCCCCCCCCCCCC. The van der Waals surface area contributed by atoms with E-state index in [1.54, 1.807) is 0 Å². The van der Waals surface area contributed by atoms with Gasteiger partial charge in [-0.25, -0.2) is 0 Å². The van der Waals surface area contributed by atoms with Crippen molar-refractivity contribution in [2.75, 3.05) is 0 Å². The minimum atomic E-state index is 0.527. The molecule has 1 heteroatoms. The van der Waals surface area contributed by atoms with E-state index < -0.39 is 0 Å². The van der Waals surface area contributed by atoms with Crippen molar-refractivity contribution >= 4 is 5.78 Å². The Bertz CT molecular complexity index is 388. The molecule has 0 spiro atoms. The van der Waals surface area contributed by atoms with Gasteiger partial charge in [0.1, 0.15) is 5.78 Å². The molecule has 0 atom stereocenters. The quantitative estimate of drug-likeness (QED) is 0.0879. The molecule has 0 heterocycles. The van der Waals surface area contributed by atoms with Crippen LogP contribution < -0.4 is 0 Å². The summed E-state index contributed by atoms with van der Waals surface area (Å²) in [4.78, 5) is 12.1. The van der Waals surface area contributed by atoms with E-state index in [1.165, 1.54) is 173 Å². The third-order valence-corrected chi connectivity index (χ3v) is 7.87. The zero-order valence-corrected chi connectivity index (χ0v) is 24.8. The first-order chi connectivity index (χ1) is 17.3. The van der Waals surface area contributed by atoms with Crippen LogP contribution >= 0.6 is 0 Å². The summed E-state index contributed by atoms with van der Waals surface area (Å²) in [6.45, 7) is 4.58. The largest absolute Gasteiger partial charge is 0.300 e. The highest BCUT2D eigenvalue weighted by molar-refractivity contribution is 5.78. The molecular formula is C34H68O. The Kier molecular flexibility index (Phi) is 31.4. The lowest BCUT2D eigenvalue weighted by Gasteiger charge is -2.04. The molecule has 0 aliphatic carbocycles. The molecule has 0 aliphatic heterocycles. The molecule has 1 nitrogen and oxygen atoms in total. The molecule has 0 saturated heterocycles. The Morgan fingerprint density at radius 1 is 0.286 bits per heavy atom. The molecule has 0 bridgehead atoms. The molecule has 0 aromatic heterocycles. The van der Waals surface area contributed by atoms with Crippen LogP contribution in [-0.2, 0) is 4.79 Å². The molecule has 0 fully saturated rings. The van der Waals surface area contributed by atoms with Gasteiger partial charge >= 0.3 is 0 Å². The van der Waals surface area contributed by atoms with Gasteiger partial charge in [-0.1, -0.05) is 187 Å². The van der Waals surface area contributed by atoms with Gasteiger partial charge in [0.25, 0.3) is 0 Å². The van der Waals surface area contributed by atoms with Gasteiger partial charge < -0.3 is 0 Å². The fourth-order valence-electron chi connectivity index (χ4n) is 5.34. The van der Waals surface area contributed by atoms with Gasteiger partial charge in [0.2, 0.25) is 0 Å². The summed E-state index contributed by atoms with van der Waals surface area (Å²) in [7, 11) is 0. The van der Waals surface area contributed by atoms with E-state index in [9.17, 15) is 4.79 Å². The molecule has 0 amide bonds. The Hall–Kier alpha value is -0.330. The number of ketones is 1. The van der Waals surface area contributed by atoms with Gasteiger partial charge in [-0.05, 0) is 12.8 Å². The molecule has 0 N–H and O–H groups in total. The van der Waals surface area contributed by atoms with Crippen molar-refractivity contribution in [3.63, 3.8) is 0 Å². The lowest BCUT2D eigenvalue weighted by Crippen LogP contribution is -1.97. The molecule has 0 aromatic rings. The van der Waals surface area contributed by atoms with Crippen molar-refractivity contribution < 1.29 is 4.79 Å². The minimum absolute atomic E-state index is 0.527. The normalized spacial score (nSPS) is 11.4. The van der Waals surface area contributed by atoms with Crippen LogP contribution in [0.4, 0.5) is 0 Å². The lowest BCUT2D eigenvalue weighted by molar-refractivity contribution is -0.119. The molecule has 0 radical (unpaired) electrons. The summed E-state index contributed by atoms with van der Waals surface area (Å²) in [6.07, 6.45) is 42.0. The second kappa shape index (κ2) is 31.7. The van der Waals surface area contributed by atoms with Crippen molar-refractivity contribution in [1.29, 1.82) is 0 Å². The number of rotatable bonds is 31. The first kappa shape index (κ1) is 34.7. The Labute approximate surface area is 223 Å². The van der Waals surface area contributed by atoms with Crippen molar-refractivity contribution in [2.45, 2.75) is 213 Å². The standard InChI is InChI=1S/C34H68O/c1-3-5-7-9-11-13-15-17-19-21-23-25-27-29-31-33-34(35)32-30-28-26-24-22-20-18-16-14-12-10-8-6-4-2/h3-33H2,1-2H3. The smallest absolute Gasteiger partial charge is 0.132 e. The number of hydrogen-bond acceptors (Lipinski definition) is 1. The van der Waals surface area contributed by atoms with Gasteiger partial charge in [-0.15, -0.1) is 0 Å². The van der Waals surface area contributed by atoms with Crippen LogP contribution in [0.25, 0.3) is 0 Å². The first-order valence-corrected chi connectivity index (χ1v) is 16.8. The third-order valence-electron chi connectivity index (χ3n) is 7.87. The zero-order chi connectivity index (χ0) is 25.5. The molecule has 0 unspecified atom stereocenters. The molecular weight excluding hydrogens is 424 g/mol. The van der Waals surface area contributed by atoms with Crippen LogP contribution in [-0.4, -0.2) is 5.78 Å². The summed E-state index contributed by atoms with van der Waals surface area (Å²) in [5, 5.41) is 0. The van der Waals surface area contributed by atoms with E-state index in [4.69, 9.17) is 0 Å². The summed E-state index contributed by atoms with van der Waals surface area (Å²) >= 11 is 0. The Balaban J connectivity index is 3.14. The zero-order valence-electron chi connectivity index (χ0n) is 24.8. The van der Waals surface area contributed by atoms with Crippen molar-refractivity contribution in [1.82, 2.24) is 0 Å². The number of unbranched alkanes of at least 4 members (excludes halogenated alkanes) is 27. The van der Waals surface area contributed by atoms with Crippen molar-refractivity contribution in [2.24, 2.45) is 0 Å². The van der Waals surface area contributed by atoms with Crippen LogP contribution in [0.2, 0.25) is 0 Å². The first-order valence-electron chi connectivity index (χ1n) is 16.8. The molecule has 35 heavy (non-hydrogen) atoms. The number of hydrogen-bond donors (Lipinski definition) is 0. The number of Topliss-reactive ketones (excluding diaryl/α,β-unsaturated/α-hetero) is 1. The highest BCUT2D eigenvalue weighted by Crippen LogP contribution is 2.16. The second-order valence-electron chi connectivity index (χ2n) is 11.6. The molecule has 210 valence electrons.